The summed E-state index contributed by atoms with van der Waals surface area (Å²) in [5.41, 5.74) is 0. The van der Waals surface area contributed by atoms with Crippen molar-refractivity contribution in [2.24, 2.45) is 0 Å². The molecule has 15 heavy (non-hydrogen) atoms. The summed E-state index contributed by atoms with van der Waals surface area (Å²) >= 11 is 0. The second-order valence-electron chi connectivity index (χ2n) is 1.33. The highest BCUT2D eigenvalue weighted by Gasteiger charge is 2.14. The van der Waals surface area contributed by atoms with Crippen molar-refractivity contribution in [1.29, 1.82) is 0 Å². The monoisotopic (exact) mass is 276 g/mol. The molecule has 7 N–H and O–H groups in total. The summed E-state index contributed by atoms with van der Waals surface area (Å²) in [4.78, 5) is 37.4. The zero-order valence-electron chi connectivity index (χ0n) is 6.54. The molecule has 0 aromatic rings. The molecule has 0 fully saturated rings. The summed E-state index contributed by atoms with van der Waals surface area (Å²) in [6.07, 6.45) is -1.83. The summed E-state index contributed by atoms with van der Waals surface area (Å²) in [5.74, 6) is 0. The summed E-state index contributed by atoms with van der Waals surface area (Å²) in [6, 6.07) is 0. The summed E-state index contributed by atoms with van der Waals surface area (Å²) in [6.45, 7) is 0. The average molecular weight is 276 g/mol. The minimum absolute atomic E-state index is 1.83. The van der Waals surface area contributed by atoms with Gasteiger partial charge in [0.05, 0.1) is 0 Å². The van der Waals surface area contributed by atoms with Gasteiger partial charge in [-0.2, -0.15) is 0 Å². The normalized spacial score (nSPS) is 13.5. The van der Waals surface area contributed by atoms with E-state index in [9.17, 15) is 4.20 Å². The summed E-state index contributed by atoms with van der Waals surface area (Å²) in [7, 11) is -9.73. The molecule has 0 amide bonds. The minimum atomic E-state index is -5.09. The molecule has 1 atom stereocenters. The third kappa shape index (κ3) is 299. The molecule has 1 unspecified atom stereocenters. The third-order valence-electron chi connectivity index (χ3n) is 0.101. The van der Waals surface area contributed by atoms with E-state index in [0.717, 1.165) is 0 Å². The van der Waals surface area contributed by atoms with Gasteiger partial charge in [-0.05, 0) is 0 Å². The number of hydrogen-bond acceptors (Lipinski definition) is 5. The molecule has 0 radical (unpaired) electrons. The van der Waals surface area contributed by atoms with Crippen molar-refractivity contribution < 1.29 is 57.8 Å². The van der Waals surface area contributed by atoms with E-state index in [0.29, 0.717) is 0 Å². The zero-order chi connectivity index (χ0) is 13.3. The second-order valence-corrected chi connectivity index (χ2v) is 3.42. The van der Waals surface area contributed by atoms with Gasteiger partial charge in [-0.15, -0.1) is 8.87 Å². The van der Waals surface area contributed by atoms with Crippen molar-refractivity contribution in [2.75, 3.05) is 0 Å². The molecule has 0 aromatic heterocycles. The predicted molar refractivity (Wildman–Crippen MR) is 39.6 cm³/mol. The average Bonchev–Trinajstić information content (AvgIpc) is 1.80. The molecular formula is CH7FO11P2. The van der Waals surface area contributed by atoms with Gasteiger partial charge in [-0.3, -0.25) is 4.89 Å². The molecule has 0 saturated heterocycles. The van der Waals surface area contributed by atoms with Crippen molar-refractivity contribution in [3.05, 3.63) is 0 Å². The van der Waals surface area contributed by atoms with E-state index in [-0.39, 0.29) is 0 Å². The lowest BCUT2D eigenvalue weighted by atomic mass is 11.5. The van der Waals surface area contributed by atoms with Crippen molar-refractivity contribution in [2.45, 2.75) is 0 Å². The number of phosphoric acid groups is 1. The van der Waals surface area contributed by atoms with Crippen LogP contribution in [0.25, 0.3) is 0 Å². The van der Waals surface area contributed by atoms with Crippen LogP contribution in [0.1, 0.15) is 0 Å². The Morgan fingerprint density at radius 2 is 1.13 bits per heavy atom. The van der Waals surface area contributed by atoms with Crippen molar-refractivity contribution in [1.82, 2.24) is 0 Å². The lowest BCUT2D eigenvalue weighted by molar-refractivity contribution is -0.153. The van der Waals surface area contributed by atoms with E-state index < -0.39 is 21.9 Å². The Morgan fingerprint density at radius 3 is 1.13 bits per heavy atom. The molecule has 0 spiro atoms. The largest absolute Gasteiger partial charge is 0.537 e. The van der Waals surface area contributed by atoms with Crippen LogP contribution in [-0.2, 0) is 13.8 Å². The molecule has 0 bridgehead atoms. The van der Waals surface area contributed by atoms with Crippen LogP contribution in [0.2, 0.25) is 0 Å². The number of carboxylic acid groups (broad SMARTS) is 2. The molecule has 11 nitrogen and oxygen atoms in total. The Morgan fingerprint density at radius 1 is 1.07 bits per heavy atom. The van der Waals surface area contributed by atoms with Crippen LogP contribution in [-0.4, -0.2) is 41.2 Å². The minimum Gasteiger partial charge on any atom is -0.450 e. The number of carbonyl (C=O) groups is 1. The second kappa shape index (κ2) is 8.71. The first kappa shape index (κ1) is 19.9. The van der Waals surface area contributed by atoms with E-state index in [2.05, 4.69) is 4.67 Å². The smallest absolute Gasteiger partial charge is 0.450 e. The third-order valence-corrected chi connectivity index (χ3v) is 0.302. The fourth-order valence-electron chi connectivity index (χ4n) is 0. The molecular weight excluding hydrogens is 269 g/mol. The SMILES string of the molecule is O=C(O)O.O=P(O)(F)OO.O=P(O)(O)O. The van der Waals surface area contributed by atoms with Gasteiger partial charge in [-0.25, -0.2) is 19.2 Å². The topological polar surface area (TPSA) is 202 Å². The highest BCUT2D eigenvalue weighted by atomic mass is 31.2. The number of rotatable bonds is 1. The predicted octanol–water partition coefficient (Wildman–Crippen LogP) is -0.160. The maximum Gasteiger partial charge on any atom is 0.537 e. The molecule has 0 aliphatic carbocycles. The fraction of sp³-hybridized carbons (Fsp3) is 0. The Kier molecular flexibility index (Phi) is 11.6. The lowest BCUT2D eigenvalue weighted by Gasteiger charge is -1.87. The van der Waals surface area contributed by atoms with Crippen LogP contribution in [0, 0.1) is 0 Å². The maximum atomic E-state index is 10.8. The number of halogens is 1. The highest BCUT2D eigenvalue weighted by molar-refractivity contribution is 7.46. The van der Waals surface area contributed by atoms with Gasteiger partial charge in [-0.1, -0.05) is 0 Å². The maximum absolute atomic E-state index is 10.8. The van der Waals surface area contributed by atoms with Crippen molar-refractivity contribution in [3.8, 4) is 0 Å². The van der Waals surface area contributed by atoms with E-state index in [4.69, 9.17) is 49.0 Å². The van der Waals surface area contributed by atoms with E-state index >= 15 is 0 Å². The Balaban J connectivity index is -0.000000147. The van der Waals surface area contributed by atoms with Crippen LogP contribution in [0.5, 0.6) is 0 Å². The quantitative estimate of drug-likeness (QED) is 0.190. The van der Waals surface area contributed by atoms with E-state index in [1.165, 1.54) is 0 Å². The van der Waals surface area contributed by atoms with Gasteiger partial charge < -0.3 is 24.9 Å². The van der Waals surface area contributed by atoms with Crippen LogP contribution in [0.15, 0.2) is 0 Å². The van der Waals surface area contributed by atoms with Gasteiger partial charge in [0, 0.05) is 0 Å². The fourth-order valence-corrected chi connectivity index (χ4v) is 0. The molecule has 14 heteroatoms. The highest BCUT2D eigenvalue weighted by Crippen LogP contribution is 2.41. The molecule has 0 rings (SSSR count). The molecule has 0 aliphatic rings. The first-order valence-electron chi connectivity index (χ1n) is 2.35. The van der Waals surface area contributed by atoms with E-state index in [1.807, 2.05) is 0 Å². The molecule has 0 saturated carbocycles. The molecule has 0 aromatic carbocycles. The van der Waals surface area contributed by atoms with Gasteiger partial charge in [0.15, 0.2) is 0 Å². The van der Waals surface area contributed by atoms with Crippen LogP contribution >= 0.6 is 15.7 Å². The van der Waals surface area contributed by atoms with Crippen LogP contribution in [0.4, 0.5) is 8.99 Å². The van der Waals surface area contributed by atoms with Crippen molar-refractivity contribution in [3.63, 3.8) is 0 Å². The molecule has 0 heterocycles. The molecule has 0 aliphatic heterocycles. The first-order chi connectivity index (χ1) is 6.29. The zero-order valence-corrected chi connectivity index (χ0v) is 8.32. The van der Waals surface area contributed by atoms with Crippen LogP contribution in [0.3, 0.4) is 0 Å². The Bertz CT molecular complexity index is 235. The summed E-state index contributed by atoms with van der Waals surface area (Å²) in [5, 5.41) is 21.0. The Labute approximate surface area is 80.8 Å². The number of hydrogen-bond donors (Lipinski definition) is 7. The standard InChI is InChI=1S/CH2O3.FH2O4P.H3O4P/c2-1(3)4;1-6(3,4)5-2;1-5(2,3)4/h(H2,2,3,4);2H,(H,3,4);(H3,1,2,3,4). The summed E-state index contributed by atoms with van der Waals surface area (Å²) < 4.78 is 31.0. The van der Waals surface area contributed by atoms with Gasteiger partial charge >= 0.3 is 21.9 Å². The van der Waals surface area contributed by atoms with Crippen LogP contribution < -0.4 is 0 Å². The molecule has 94 valence electrons. The van der Waals surface area contributed by atoms with Crippen molar-refractivity contribution >= 4 is 21.9 Å². The van der Waals surface area contributed by atoms with Gasteiger partial charge in [0.25, 0.3) is 0 Å². The van der Waals surface area contributed by atoms with E-state index in [1.54, 1.807) is 0 Å². The lowest BCUT2D eigenvalue weighted by Crippen LogP contribution is -1.81. The first-order valence-corrected chi connectivity index (χ1v) is 5.38. The Hall–Kier alpha value is -0.580. The van der Waals surface area contributed by atoms with Gasteiger partial charge in [0.2, 0.25) is 0 Å². The van der Waals surface area contributed by atoms with Gasteiger partial charge in [0.1, 0.15) is 0 Å².